The quantitative estimate of drug-likeness (QED) is 0.362. The Morgan fingerprint density at radius 2 is 1.66 bits per heavy atom. The van der Waals surface area contributed by atoms with Gasteiger partial charge in [-0.1, -0.05) is 60.3 Å². The number of para-hydroxylation sites is 1. The minimum absolute atomic E-state index is 0.0286. The van der Waals surface area contributed by atoms with Gasteiger partial charge < -0.3 is 10.2 Å². The van der Waals surface area contributed by atoms with Gasteiger partial charge in [-0.3, -0.25) is 9.36 Å². The van der Waals surface area contributed by atoms with Crippen LogP contribution in [0.1, 0.15) is 6.42 Å². The molecule has 1 amide bonds. The number of thioether (sulfide) groups is 1. The van der Waals surface area contributed by atoms with Gasteiger partial charge >= 0.3 is 0 Å². The van der Waals surface area contributed by atoms with Crippen LogP contribution in [0.5, 0.6) is 0 Å². The standard InChI is InChI=1S/C27H26FN5OS/c28-22-11-13-23(14-12-22)32-16-15-20(18-32)17-29-25(34)19-35-27-31-30-26(21-7-3-1-4-8-21)33(27)24-9-5-2-6-10-24/h1-14,20H,15-19H2,(H,29,34). The Morgan fingerprint density at radius 3 is 2.40 bits per heavy atom. The molecule has 8 heteroatoms. The lowest BCUT2D eigenvalue weighted by atomic mass is 10.1. The molecule has 1 N–H and O–H groups in total. The fourth-order valence-electron chi connectivity index (χ4n) is 4.27. The molecule has 0 spiro atoms. The number of aromatic nitrogens is 3. The molecule has 1 aliphatic heterocycles. The van der Waals surface area contributed by atoms with E-state index in [1.807, 2.05) is 65.2 Å². The van der Waals surface area contributed by atoms with Gasteiger partial charge in [0.2, 0.25) is 5.91 Å². The molecule has 0 bridgehead atoms. The van der Waals surface area contributed by atoms with Gasteiger partial charge in [-0.05, 0) is 48.7 Å². The fourth-order valence-corrected chi connectivity index (χ4v) is 5.05. The van der Waals surface area contributed by atoms with Gasteiger partial charge in [0.1, 0.15) is 5.82 Å². The predicted molar refractivity (Wildman–Crippen MR) is 137 cm³/mol. The third-order valence-corrected chi connectivity index (χ3v) is 7.01. The van der Waals surface area contributed by atoms with Gasteiger partial charge in [0.15, 0.2) is 11.0 Å². The summed E-state index contributed by atoms with van der Waals surface area (Å²) in [5, 5.41) is 12.6. The monoisotopic (exact) mass is 487 g/mol. The molecule has 1 fully saturated rings. The molecule has 178 valence electrons. The predicted octanol–water partition coefficient (Wildman–Crippen LogP) is 4.81. The molecule has 35 heavy (non-hydrogen) atoms. The summed E-state index contributed by atoms with van der Waals surface area (Å²) in [5.41, 5.74) is 2.93. The minimum Gasteiger partial charge on any atom is -0.371 e. The summed E-state index contributed by atoms with van der Waals surface area (Å²) in [6.45, 7) is 2.38. The van der Waals surface area contributed by atoms with E-state index in [0.717, 1.165) is 42.3 Å². The molecule has 1 aromatic heterocycles. The smallest absolute Gasteiger partial charge is 0.230 e. The zero-order valence-electron chi connectivity index (χ0n) is 19.2. The summed E-state index contributed by atoms with van der Waals surface area (Å²) in [6.07, 6.45) is 0.994. The number of nitrogens with zero attached hydrogens (tertiary/aromatic N) is 4. The third kappa shape index (κ3) is 5.54. The lowest BCUT2D eigenvalue weighted by Gasteiger charge is -2.18. The topological polar surface area (TPSA) is 63.1 Å². The first-order valence-electron chi connectivity index (χ1n) is 11.6. The maximum Gasteiger partial charge on any atom is 0.230 e. The Hall–Kier alpha value is -3.65. The van der Waals surface area contributed by atoms with Crippen LogP contribution in [0.25, 0.3) is 17.1 Å². The molecule has 0 saturated carbocycles. The second kappa shape index (κ2) is 10.7. The number of carbonyl (C=O) groups excluding carboxylic acids is 1. The SMILES string of the molecule is O=C(CSc1nnc(-c2ccccc2)n1-c1ccccc1)NCC1CCN(c2ccc(F)cc2)C1. The lowest BCUT2D eigenvalue weighted by molar-refractivity contribution is -0.118. The Morgan fingerprint density at radius 1 is 0.943 bits per heavy atom. The summed E-state index contributed by atoms with van der Waals surface area (Å²) >= 11 is 1.38. The van der Waals surface area contributed by atoms with Crippen molar-refractivity contribution in [1.29, 1.82) is 0 Å². The van der Waals surface area contributed by atoms with Crippen LogP contribution in [0.4, 0.5) is 10.1 Å². The highest BCUT2D eigenvalue weighted by atomic mass is 32.2. The van der Waals surface area contributed by atoms with E-state index in [0.29, 0.717) is 17.6 Å². The Kier molecular flexibility index (Phi) is 7.09. The number of benzene rings is 3. The molecule has 0 radical (unpaired) electrons. The van der Waals surface area contributed by atoms with Crippen LogP contribution < -0.4 is 10.2 Å². The first-order valence-corrected chi connectivity index (χ1v) is 12.6. The van der Waals surface area contributed by atoms with Crippen molar-refractivity contribution in [2.24, 2.45) is 5.92 Å². The van der Waals surface area contributed by atoms with Gasteiger partial charge in [-0.2, -0.15) is 0 Å². The zero-order chi connectivity index (χ0) is 24.0. The molecule has 1 unspecified atom stereocenters. The molecule has 4 aromatic rings. The normalized spacial score (nSPS) is 15.3. The highest BCUT2D eigenvalue weighted by Crippen LogP contribution is 2.28. The molecule has 1 saturated heterocycles. The van der Waals surface area contributed by atoms with Crippen LogP contribution in [0.2, 0.25) is 0 Å². The second-order valence-electron chi connectivity index (χ2n) is 8.51. The lowest BCUT2D eigenvalue weighted by Crippen LogP contribution is -2.32. The summed E-state index contributed by atoms with van der Waals surface area (Å²) in [4.78, 5) is 14.9. The van der Waals surface area contributed by atoms with Crippen LogP contribution in [-0.2, 0) is 4.79 Å². The number of nitrogens with one attached hydrogen (secondary N) is 1. The zero-order valence-corrected chi connectivity index (χ0v) is 20.0. The number of halogens is 1. The number of anilines is 1. The van der Waals surface area contributed by atoms with Crippen molar-refractivity contribution in [2.75, 3.05) is 30.3 Å². The largest absolute Gasteiger partial charge is 0.371 e. The van der Waals surface area contributed by atoms with Gasteiger partial charge in [-0.15, -0.1) is 10.2 Å². The summed E-state index contributed by atoms with van der Waals surface area (Å²) in [7, 11) is 0. The van der Waals surface area contributed by atoms with E-state index in [4.69, 9.17) is 0 Å². The van der Waals surface area contributed by atoms with Crippen LogP contribution in [0.3, 0.4) is 0 Å². The van der Waals surface area contributed by atoms with Crippen molar-refractivity contribution in [3.05, 3.63) is 90.7 Å². The second-order valence-corrected chi connectivity index (χ2v) is 9.46. The van der Waals surface area contributed by atoms with E-state index in [1.165, 1.54) is 23.9 Å². The highest BCUT2D eigenvalue weighted by Gasteiger charge is 2.23. The van der Waals surface area contributed by atoms with Crippen LogP contribution in [-0.4, -0.2) is 46.1 Å². The summed E-state index contributed by atoms with van der Waals surface area (Å²) in [5.74, 6) is 1.11. The van der Waals surface area contributed by atoms with Gasteiger partial charge in [0.25, 0.3) is 0 Å². The molecule has 3 aromatic carbocycles. The van der Waals surface area contributed by atoms with E-state index in [1.54, 1.807) is 12.1 Å². The van der Waals surface area contributed by atoms with Gasteiger partial charge in [0.05, 0.1) is 5.75 Å². The molecule has 1 atom stereocenters. The Labute approximate surface area is 208 Å². The maximum atomic E-state index is 13.2. The molecule has 2 heterocycles. The first-order chi connectivity index (χ1) is 17.2. The van der Waals surface area contributed by atoms with Crippen molar-refractivity contribution in [1.82, 2.24) is 20.1 Å². The van der Waals surface area contributed by atoms with Gasteiger partial charge in [0, 0.05) is 36.6 Å². The van der Waals surface area contributed by atoms with Crippen molar-refractivity contribution in [3.63, 3.8) is 0 Å². The highest BCUT2D eigenvalue weighted by molar-refractivity contribution is 7.99. The van der Waals surface area contributed by atoms with Crippen LogP contribution in [0.15, 0.2) is 90.1 Å². The molecule has 1 aliphatic rings. The molecular weight excluding hydrogens is 461 g/mol. The van der Waals surface area contributed by atoms with Crippen LogP contribution in [0, 0.1) is 11.7 Å². The Balaban J connectivity index is 1.19. The van der Waals surface area contributed by atoms with E-state index in [-0.39, 0.29) is 17.5 Å². The Bertz CT molecular complexity index is 1260. The number of rotatable bonds is 8. The van der Waals surface area contributed by atoms with Crippen molar-refractivity contribution in [3.8, 4) is 17.1 Å². The van der Waals surface area contributed by atoms with E-state index in [9.17, 15) is 9.18 Å². The van der Waals surface area contributed by atoms with Crippen LogP contribution >= 0.6 is 11.8 Å². The van der Waals surface area contributed by atoms with E-state index in [2.05, 4.69) is 20.4 Å². The summed E-state index contributed by atoms with van der Waals surface area (Å²) < 4.78 is 15.2. The number of carbonyl (C=O) groups is 1. The molecular formula is C27H26FN5OS. The average molecular weight is 488 g/mol. The van der Waals surface area contributed by atoms with Crippen molar-refractivity contribution >= 4 is 23.4 Å². The van der Waals surface area contributed by atoms with E-state index < -0.39 is 0 Å². The summed E-state index contributed by atoms with van der Waals surface area (Å²) in [6, 6.07) is 26.4. The first kappa shape index (κ1) is 23.1. The van der Waals surface area contributed by atoms with Crippen molar-refractivity contribution in [2.45, 2.75) is 11.6 Å². The van der Waals surface area contributed by atoms with Gasteiger partial charge in [-0.25, -0.2) is 4.39 Å². The minimum atomic E-state index is -0.228. The number of hydrogen-bond donors (Lipinski definition) is 1. The fraction of sp³-hybridized carbons (Fsp3) is 0.222. The number of hydrogen-bond acceptors (Lipinski definition) is 5. The average Bonchev–Trinajstić information content (AvgIpc) is 3.55. The number of amides is 1. The molecule has 5 rings (SSSR count). The third-order valence-electron chi connectivity index (χ3n) is 6.08. The molecule has 6 nitrogen and oxygen atoms in total. The maximum absolute atomic E-state index is 13.2. The molecule has 0 aliphatic carbocycles. The van der Waals surface area contributed by atoms with Crippen molar-refractivity contribution < 1.29 is 9.18 Å². The van der Waals surface area contributed by atoms with E-state index >= 15 is 0 Å².